The third-order valence-corrected chi connectivity index (χ3v) is 6.47. The number of aryl methyl sites for hydroxylation is 2. The van der Waals surface area contributed by atoms with Crippen molar-refractivity contribution in [2.75, 3.05) is 5.32 Å². The summed E-state index contributed by atoms with van der Waals surface area (Å²) in [7, 11) is 1.97. The highest BCUT2D eigenvalue weighted by atomic mass is 16.2. The fourth-order valence-electron chi connectivity index (χ4n) is 4.33. The SMILES string of the molecule is CCCCc1c(C(=O)Nc2c(CC)cc(C(C)C)cc2CC)c(=O)c(CC)c(C)n1C. The van der Waals surface area contributed by atoms with E-state index in [2.05, 4.69) is 52.1 Å². The molecule has 2 rings (SSSR count). The fraction of sp³-hybridized carbons (Fsp3) is 0.556. The monoisotopic (exact) mass is 424 g/mol. The first-order valence-electron chi connectivity index (χ1n) is 11.9. The maximum absolute atomic E-state index is 13.6. The van der Waals surface area contributed by atoms with Gasteiger partial charge in [-0.3, -0.25) is 9.59 Å². The maximum atomic E-state index is 13.6. The van der Waals surface area contributed by atoms with Gasteiger partial charge in [-0.05, 0) is 61.6 Å². The van der Waals surface area contributed by atoms with Gasteiger partial charge < -0.3 is 9.88 Å². The number of hydrogen-bond acceptors (Lipinski definition) is 2. The lowest BCUT2D eigenvalue weighted by atomic mass is 9.93. The molecule has 0 radical (unpaired) electrons. The molecule has 31 heavy (non-hydrogen) atoms. The highest BCUT2D eigenvalue weighted by Gasteiger charge is 2.24. The number of benzene rings is 1. The highest BCUT2D eigenvalue weighted by molar-refractivity contribution is 6.06. The summed E-state index contributed by atoms with van der Waals surface area (Å²) in [6.07, 6.45) is 4.97. The van der Waals surface area contributed by atoms with Gasteiger partial charge in [-0.15, -0.1) is 0 Å². The van der Waals surface area contributed by atoms with Crippen LogP contribution in [0.5, 0.6) is 0 Å². The summed E-state index contributed by atoms with van der Waals surface area (Å²) in [5.41, 5.74) is 7.16. The van der Waals surface area contributed by atoms with Crippen LogP contribution in [-0.2, 0) is 32.7 Å². The van der Waals surface area contributed by atoms with E-state index in [1.165, 1.54) is 5.56 Å². The van der Waals surface area contributed by atoms with Crippen molar-refractivity contribution in [3.8, 4) is 0 Å². The number of aromatic nitrogens is 1. The van der Waals surface area contributed by atoms with Crippen molar-refractivity contribution in [2.45, 2.75) is 92.9 Å². The standard InChI is InChI=1S/C27H40N2O2/c1-9-13-14-23-24(26(30)22(12-4)18(7)29(23)8)27(31)28-25-19(10-2)15-21(17(5)6)16-20(25)11-3/h15-17H,9-14H2,1-8H3,(H,28,31). The summed E-state index contributed by atoms with van der Waals surface area (Å²) in [5, 5.41) is 3.17. The molecule has 0 aliphatic heterocycles. The van der Waals surface area contributed by atoms with Crippen LogP contribution in [0.15, 0.2) is 16.9 Å². The van der Waals surface area contributed by atoms with Crippen LogP contribution >= 0.6 is 0 Å². The predicted molar refractivity (Wildman–Crippen MR) is 132 cm³/mol. The highest BCUT2D eigenvalue weighted by Crippen LogP contribution is 2.29. The average molecular weight is 425 g/mol. The van der Waals surface area contributed by atoms with E-state index in [0.717, 1.165) is 65.9 Å². The number of unbranched alkanes of at least 4 members (excludes halogenated alkanes) is 1. The normalized spacial score (nSPS) is 11.3. The summed E-state index contributed by atoms with van der Waals surface area (Å²) in [4.78, 5) is 26.9. The summed E-state index contributed by atoms with van der Waals surface area (Å²) in [5.74, 6) is 0.153. The average Bonchev–Trinajstić information content (AvgIpc) is 2.75. The van der Waals surface area contributed by atoms with Gasteiger partial charge in [0.25, 0.3) is 5.91 Å². The van der Waals surface area contributed by atoms with Gasteiger partial charge in [-0.1, -0.05) is 60.1 Å². The minimum atomic E-state index is -0.275. The van der Waals surface area contributed by atoms with Crippen LogP contribution in [0.2, 0.25) is 0 Å². The van der Waals surface area contributed by atoms with E-state index in [1.807, 2.05) is 25.5 Å². The molecule has 0 saturated carbocycles. The van der Waals surface area contributed by atoms with Gasteiger partial charge in [0, 0.05) is 29.7 Å². The molecule has 0 saturated heterocycles. The van der Waals surface area contributed by atoms with Crippen molar-refractivity contribution in [2.24, 2.45) is 7.05 Å². The molecule has 4 heteroatoms. The molecule has 1 heterocycles. The number of hydrogen-bond donors (Lipinski definition) is 1. The molecule has 1 aromatic heterocycles. The van der Waals surface area contributed by atoms with Crippen LogP contribution in [0.25, 0.3) is 0 Å². The van der Waals surface area contributed by atoms with Crippen molar-refractivity contribution in [1.29, 1.82) is 0 Å². The lowest BCUT2D eigenvalue weighted by Gasteiger charge is -2.21. The summed E-state index contributed by atoms with van der Waals surface area (Å²) in [6.45, 7) is 14.7. The van der Waals surface area contributed by atoms with E-state index in [4.69, 9.17) is 0 Å². The lowest BCUT2D eigenvalue weighted by molar-refractivity contribution is 0.102. The minimum Gasteiger partial charge on any atom is -0.351 e. The molecule has 0 unspecified atom stereocenters. The molecule has 170 valence electrons. The van der Waals surface area contributed by atoms with Crippen LogP contribution in [0.3, 0.4) is 0 Å². The Labute approximate surface area is 188 Å². The van der Waals surface area contributed by atoms with Crippen LogP contribution in [0, 0.1) is 6.92 Å². The largest absolute Gasteiger partial charge is 0.351 e. The summed E-state index contributed by atoms with van der Waals surface area (Å²) >= 11 is 0. The Morgan fingerprint density at radius 3 is 2.06 bits per heavy atom. The second-order valence-electron chi connectivity index (χ2n) is 8.76. The van der Waals surface area contributed by atoms with Gasteiger partial charge in [0.1, 0.15) is 5.56 Å². The van der Waals surface area contributed by atoms with Gasteiger partial charge >= 0.3 is 0 Å². The molecule has 0 fully saturated rings. The maximum Gasteiger partial charge on any atom is 0.261 e. The molecule has 1 N–H and O–H groups in total. The molecule has 0 atom stereocenters. The molecule has 0 bridgehead atoms. The lowest BCUT2D eigenvalue weighted by Crippen LogP contribution is -2.31. The molecule has 1 amide bonds. The Hall–Kier alpha value is -2.36. The van der Waals surface area contributed by atoms with Crippen molar-refractivity contribution < 1.29 is 4.79 Å². The van der Waals surface area contributed by atoms with E-state index < -0.39 is 0 Å². The Kier molecular flexibility index (Phi) is 8.67. The number of amides is 1. The van der Waals surface area contributed by atoms with E-state index in [-0.39, 0.29) is 11.3 Å². The topological polar surface area (TPSA) is 51.1 Å². The third-order valence-electron chi connectivity index (χ3n) is 6.47. The molecular weight excluding hydrogens is 384 g/mol. The molecule has 0 aliphatic rings. The molecular formula is C27H40N2O2. The molecule has 0 spiro atoms. The first-order valence-corrected chi connectivity index (χ1v) is 11.9. The predicted octanol–water partition coefficient (Wildman–Crippen LogP) is 6.10. The molecule has 2 aromatic rings. The first kappa shape index (κ1) is 24.9. The zero-order valence-electron chi connectivity index (χ0n) is 20.7. The molecule has 1 aromatic carbocycles. The van der Waals surface area contributed by atoms with Gasteiger partial charge in [-0.2, -0.15) is 0 Å². The van der Waals surface area contributed by atoms with Gasteiger partial charge in [-0.25, -0.2) is 0 Å². The third kappa shape index (κ3) is 5.11. The summed E-state index contributed by atoms with van der Waals surface area (Å²) < 4.78 is 2.05. The quantitative estimate of drug-likeness (QED) is 0.529. The van der Waals surface area contributed by atoms with Crippen LogP contribution in [-0.4, -0.2) is 10.5 Å². The zero-order chi connectivity index (χ0) is 23.3. The minimum absolute atomic E-state index is 0.114. The first-order chi connectivity index (χ1) is 14.7. The van der Waals surface area contributed by atoms with Gasteiger partial charge in [0.05, 0.1) is 0 Å². The smallest absolute Gasteiger partial charge is 0.261 e. The van der Waals surface area contributed by atoms with E-state index in [1.54, 1.807) is 0 Å². The number of carbonyl (C=O) groups is 1. The fourth-order valence-corrected chi connectivity index (χ4v) is 4.33. The number of nitrogens with zero attached hydrogens (tertiary/aromatic N) is 1. The summed E-state index contributed by atoms with van der Waals surface area (Å²) in [6, 6.07) is 4.39. The van der Waals surface area contributed by atoms with Crippen molar-refractivity contribution >= 4 is 11.6 Å². The van der Waals surface area contributed by atoms with Gasteiger partial charge in [0.2, 0.25) is 0 Å². The van der Waals surface area contributed by atoms with Crippen molar-refractivity contribution in [1.82, 2.24) is 4.57 Å². The molecule has 4 nitrogen and oxygen atoms in total. The second kappa shape index (κ2) is 10.8. The number of rotatable bonds is 9. The zero-order valence-corrected chi connectivity index (χ0v) is 20.7. The van der Waals surface area contributed by atoms with E-state index in [0.29, 0.717) is 17.9 Å². The Bertz CT molecular complexity index is 974. The molecule has 0 aliphatic carbocycles. The van der Waals surface area contributed by atoms with E-state index in [9.17, 15) is 9.59 Å². The van der Waals surface area contributed by atoms with Crippen molar-refractivity contribution in [3.05, 3.63) is 61.6 Å². The van der Waals surface area contributed by atoms with Crippen LogP contribution in [0.4, 0.5) is 5.69 Å². The van der Waals surface area contributed by atoms with Crippen LogP contribution in [0.1, 0.15) is 104 Å². The van der Waals surface area contributed by atoms with Gasteiger partial charge in [0.15, 0.2) is 5.43 Å². The van der Waals surface area contributed by atoms with Crippen LogP contribution < -0.4 is 10.7 Å². The number of pyridine rings is 1. The second-order valence-corrected chi connectivity index (χ2v) is 8.76. The Morgan fingerprint density at radius 2 is 1.61 bits per heavy atom. The number of carbonyl (C=O) groups excluding carboxylic acids is 1. The van der Waals surface area contributed by atoms with Crippen molar-refractivity contribution in [3.63, 3.8) is 0 Å². The Morgan fingerprint density at radius 1 is 1.03 bits per heavy atom. The Balaban J connectivity index is 2.65. The van der Waals surface area contributed by atoms with E-state index >= 15 is 0 Å². The number of anilines is 1. The number of nitrogens with one attached hydrogen (secondary N) is 1.